The van der Waals surface area contributed by atoms with E-state index in [0.29, 0.717) is 24.3 Å². The number of methoxy groups -OCH3 is 4. The molecule has 1 N–H and O–H groups in total. The van der Waals surface area contributed by atoms with Crippen LogP contribution in [0.2, 0.25) is 0 Å². The average molecular weight is 507 g/mol. The van der Waals surface area contributed by atoms with Gasteiger partial charge in [-0.1, -0.05) is 40.5 Å². The molecule has 9 heteroatoms. The van der Waals surface area contributed by atoms with E-state index in [4.69, 9.17) is 23.4 Å². The fourth-order valence-electron chi connectivity index (χ4n) is 5.92. The summed E-state index contributed by atoms with van der Waals surface area (Å²) in [6.45, 7) is 8.66. The lowest BCUT2D eigenvalue weighted by atomic mass is 9.64. The number of hydrogen-bond donors (Lipinski definition) is 1. The van der Waals surface area contributed by atoms with E-state index in [9.17, 15) is 9.90 Å². The van der Waals surface area contributed by atoms with Crippen molar-refractivity contribution >= 4 is 16.3 Å². The molecular formula is C26H40NO7Si. The summed E-state index contributed by atoms with van der Waals surface area (Å²) in [7, 11) is 9.37. The lowest BCUT2D eigenvalue weighted by Crippen LogP contribution is -2.77. The molecule has 1 fully saturated rings. The van der Waals surface area contributed by atoms with E-state index in [1.165, 1.54) is 14.2 Å². The molecule has 3 rings (SSSR count). The highest BCUT2D eigenvalue weighted by atomic mass is 28.2. The van der Waals surface area contributed by atoms with Crippen LogP contribution in [0.5, 0.6) is 11.5 Å². The molecule has 8 nitrogen and oxygen atoms in total. The van der Waals surface area contributed by atoms with Gasteiger partial charge in [0.25, 0.3) is 16.5 Å². The first-order chi connectivity index (χ1) is 16.4. The van der Waals surface area contributed by atoms with Crippen molar-refractivity contribution in [1.82, 2.24) is 4.90 Å². The van der Waals surface area contributed by atoms with Crippen molar-refractivity contribution in [3.05, 3.63) is 23.3 Å². The second kappa shape index (κ2) is 10.1. The summed E-state index contributed by atoms with van der Waals surface area (Å²) in [4.78, 5) is 16.0. The van der Waals surface area contributed by atoms with Gasteiger partial charge in [0.2, 0.25) is 0 Å². The van der Waals surface area contributed by atoms with Gasteiger partial charge in [-0.3, -0.25) is 9.69 Å². The van der Waals surface area contributed by atoms with Crippen LogP contribution in [0, 0.1) is 5.41 Å². The molecule has 0 aromatic heterocycles. The first-order valence-corrected chi connectivity index (χ1v) is 12.6. The molecule has 35 heavy (non-hydrogen) atoms. The minimum Gasteiger partial charge on any atom is -0.493 e. The molecule has 3 radical (unpaired) electrons. The molecular weight excluding hydrogens is 466 g/mol. The number of hydrogen-bond acceptors (Lipinski definition) is 8. The zero-order valence-electron chi connectivity index (χ0n) is 22.3. The lowest BCUT2D eigenvalue weighted by molar-refractivity contribution is -0.395. The topological polar surface area (TPSA) is 86.7 Å². The molecule has 195 valence electrons. The SMILES string of the molecule is CCCCC1(O)CN2[C@H](C(C)(C)C)Cc3cc(OC)c(OC)cc3C2(C(OC)(OC)O[Si])CC1=O. The number of ketones is 1. The van der Waals surface area contributed by atoms with Crippen LogP contribution in [0.4, 0.5) is 0 Å². The summed E-state index contributed by atoms with van der Waals surface area (Å²) in [6.07, 6.45) is 2.62. The van der Waals surface area contributed by atoms with Gasteiger partial charge in [-0.2, -0.15) is 0 Å². The zero-order valence-corrected chi connectivity index (χ0v) is 23.3. The maximum atomic E-state index is 13.8. The minimum atomic E-state index is -1.70. The number of nitrogens with zero attached hydrogens (tertiary/aromatic N) is 1. The maximum Gasteiger partial charge on any atom is 0.297 e. The first kappa shape index (κ1) is 28.1. The zero-order chi connectivity index (χ0) is 26.2. The van der Waals surface area contributed by atoms with E-state index in [0.717, 1.165) is 24.0 Å². The number of carbonyl (C=O) groups excluding carboxylic acids is 1. The Balaban J connectivity index is 2.41. The van der Waals surface area contributed by atoms with E-state index >= 15 is 0 Å². The van der Waals surface area contributed by atoms with Crippen LogP contribution in [-0.2, 0) is 30.7 Å². The Morgan fingerprint density at radius 2 is 1.71 bits per heavy atom. The summed E-state index contributed by atoms with van der Waals surface area (Å²) < 4.78 is 28.9. The molecule has 0 amide bonds. The van der Waals surface area contributed by atoms with Crippen LogP contribution in [0.15, 0.2) is 12.1 Å². The van der Waals surface area contributed by atoms with Crippen LogP contribution in [0.3, 0.4) is 0 Å². The van der Waals surface area contributed by atoms with Crippen molar-refractivity contribution in [2.75, 3.05) is 35.0 Å². The summed E-state index contributed by atoms with van der Waals surface area (Å²) in [6, 6.07) is 3.75. The van der Waals surface area contributed by atoms with Crippen molar-refractivity contribution < 1.29 is 33.3 Å². The molecule has 0 saturated carbocycles. The van der Waals surface area contributed by atoms with Crippen LogP contribution in [0.1, 0.15) is 64.5 Å². The van der Waals surface area contributed by atoms with Crippen molar-refractivity contribution in [1.29, 1.82) is 0 Å². The molecule has 1 saturated heterocycles. The Morgan fingerprint density at radius 1 is 1.11 bits per heavy atom. The summed E-state index contributed by atoms with van der Waals surface area (Å²) in [5.74, 6) is -0.846. The fraction of sp³-hybridized carbons (Fsp3) is 0.731. The van der Waals surface area contributed by atoms with E-state index in [1.54, 1.807) is 14.2 Å². The molecule has 2 heterocycles. The number of unbranched alkanes of at least 4 members (excludes halogenated alkanes) is 1. The van der Waals surface area contributed by atoms with Gasteiger partial charge in [0, 0.05) is 33.2 Å². The number of Topliss-reactive ketones (excluding diaryl/α,β-unsaturated/α-hetero) is 1. The molecule has 1 aromatic rings. The van der Waals surface area contributed by atoms with Crippen molar-refractivity contribution in [2.24, 2.45) is 5.41 Å². The molecule has 2 unspecified atom stereocenters. The third-order valence-electron chi connectivity index (χ3n) is 7.82. The van der Waals surface area contributed by atoms with E-state index in [-0.39, 0.29) is 30.2 Å². The van der Waals surface area contributed by atoms with E-state index < -0.39 is 17.1 Å². The predicted octanol–water partition coefficient (Wildman–Crippen LogP) is 3.11. The molecule has 0 spiro atoms. The standard InChI is InChI=1S/C26H40NO7Si/c1-9-10-11-24(29)16-27-21(23(2,3)4)13-17-12-19(30-5)20(31-6)14-18(17)25(27,15-22(24)28)26(32-7,33-8)34-35/h12,14,21,29H,9-11,13,15-16H2,1-8H3/t21-,24?,25?/m0/s1. The van der Waals surface area contributed by atoms with Crippen LogP contribution in [-0.4, -0.2) is 78.9 Å². The van der Waals surface area contributed by atoms with Gasteiger partial charge in [-0.25, -0.2) is 0 Å². The van der Waals surface area contributed by atoms with Gasteiger partial charge in [-0.15, -0.1) is 0 Å². The maximum absolute atomic E-state index is 13.8. The Labute approximate surface area is 212 Å². The number of benzene rings is 1. The van der Waals surface area contributed by atoms with Gasteiger partial charge in [-0.05, 0) is 41.5 Å². The normalized spacial score (nSPS) is 27.4. The number of piperidine rings is 1. The molecule has 0 aliphatic carbocycles. The number of carbonyl (C=O) groups is 1. The van der Waals surface area contributed by atoms with Gasteiger partial charge < -0.3 is 28.5 Å². The smallest absolute Gasteiger partial charge is 0.297 e. The number of aliphatic hydroxyl groups is 1. The summed E-state index contributed by atoms with van der Waals surface area (Å²) in [5.41, 5.74) is -1.16. The number of fused-ring (bicyclic) bond motifs is 3. The van der Waals surface area contributed by atoms with E-state index in [2.05, 4.69) is 43.1 Å². The predicted molar refractivity (Wildman–Crippen MR) is 133 cm³/mol. The number of ether oxygens (including phenoxy) is 4. The molecule has 1 aromatic carbocycles. The Hall–Kier alpha value is -1.49. The van der Waals surface area contributed by atoms with Gasteiger partial charge in [0.1, 0.15) is 11.1 Å². The molecule has 2 aliphatic rings. The monoisotopic (exact) mass is 506 g/mol. The van der Waals surface area contributed by atoms with Crippen molar-refractivity contribution in [3.63, 3.8) is 0 Å². The highest BCUT2D eigenvalue weighted by Crippen LogP contribution is 2.57. The Kier molecular flexibility index (Phi) is 8.11. The van der Waals surface area contributed by atoms with E-state index in [1.807, 2.05) is 12.1 Å². The van der Waals surface area contributed by atoms with Crippen LogP contribution >= 0.6 is 0 Å². The highest BCUT2D eigenvalue weighted by molar-refractivity contribution is 5.98. The fourth-order valence-corrected chi connectivity index (χ4v) is 6.26. The molecule has 3 atom stereocenters. The van der Waals surface area contributed by atoms with Gasteiger partial charge in [0.05, 0.1) is 14.2 Å². The first-order valence-electron chi connectivity index (χ1n) is 12.2. The Morgan fingerprint density at radius 3 is 2.20 bits per heavy atom. The molecule has 2 aliphatic heterocycles. The summed E-state index contributed by atoms with van der Waals surface area (Å²) in [5, 5.41) is 11.7. The third kappa shape index (κ3) is 4.34. The third-order valence-corrected chi connectivity index (χ3v) is 8.09. The Bertz CT molecular complexity index is 921. The van der Waals surface area contributed by atoms with Crippen molar-refractivity contribution in [3.8, 4) is 11.5 Å². The van der Waals surface area contributed by atoms with Crippen LogP contribution < -0.4 is 9.47 Å². The highest BCUT2D eigenvalue weighted by Gasteiger charge is 2.68. The minimum absolute atomic E-state index is 0.0750. The van der Waals surface area contributed by atoms with Crippen LogP contribution in [0.25, 0.3) is 0 Å². The molecule has 0 bridgehead atoms. The number of rotatable bonds is 9. The second-order valence-electron chi connectivity index (χ2n) is 10.7. The average Bonchev–Trinajstić information content (AvgIpc) is 2.83. The lowest BCUT2D eigenvalue weighted by Gasteiger charge is -2.63. The second-order valence-corrected chi connectivity index (χ2v) is 10.9. The van der Waals surface area contributed by atoms with Gasteiger partial charge in [0.15, 0.2) is 17.3 Å². The summed E-state index contributed by atoms with van der Waals surface area (Å²) >= 11 is 0. The quantitative estimate of drug-likeness (QED) is 0.404. The van der Waals surface area contributed by atoms with Gasteiger partial charge >= 0.3 is 0 Å². The largest absolute Gasteiger partial charge is 0.493 e. The van der Waals surface area contributed by atoms with Crippen molar-refractivity contribution in [2.45, 2.75) is 83.0 Å².